The van der Waals surface area contributed by atoms with Crippen molar-refractivity contribution >= 4 is 17.7 Å². The van der Waals surface area contributed by atoms with Crippen LogP contribution < -0.4 is 10.2 Å². The number of aliphatic carboxylic acids is 1. The summed E-state index contributed by atoms with van der Waals surface area (Å²) in [6, 6.07) is 1.81. The molecule has 1 aliphatic carbocycles. The van der Waals surface area contributed by atoms with Gasteiger partial charge in [0.2, 0.25) is 5.95 Å². The normalized spacial score (nSPS) is 16.5. The maximum Gasteiger partial charge on any atom is 0.303 e. The van der Waals surface area contributed by atoms with Crippen molar-refractivity contribution in [2.24, 2.45) is 5.41 Å². The van der Waals surface area contributed by atoms with E-state index in [2.05, 4.69) is 15.3 Å². The van der Waals surface area contributed by atoms with E-state index in [0.717, 1.165) is 25.1 Å². The topological polar surface area (TPSA) is 78.4 Å². The number of carbonyl (C=O) groups is 1. The Hall–Kier alpha value is -1.85. The molecule has 0 radical (unpaired) electrons. The lowest BCUT2D eigenvalue weighted by atomic mass is 9.66. The summed E-state index contributed by atoms with van der Waals surface area (Å²) in [5.41, 5.74) is -0.102. The predicted octanol–water partition coefficient (Wildman–Crippen LogP) is 1.60. The molecule has 0 atom stereocenters. The molecule has 1 fully saturated rings. The van der Waals surface area contributed by atoms with Crippen LogP contribution in [0.25, 0.3) is 0 Å². The number of nitrogens with one attached hydrogen (secondary N) is 1. The van der Waals surface area contributed by atoms with Crippen LogP contribution >= 0.6 is 0 Å². The van der Waals surface area contributed by atoms with Gasteiger partial charge >= 0.3 is 5.97 Å². The largest absolute Gasteiger partial charge is 0.481 e. The van der Waals surface area contributed by atoms with Gasteiger partial charge in [0.1, 0.15) is 5.82 Å². The molecule has 2 N–H and O–H groups in total. The van der Waals surface area contributed by atoms with Crippen LogP contribution in [0.2, 0.25) is 0 Å². The first-order valence-electron chi connectivity index (χ1n) is 6.47. The number of hydrogen-bond donors (Lipinski definition) is 2. The summed E-state index contributed by atoms with van der Waals surface area (Å²) < 4.78 is 0. The van der Waals surface area contributed by atoms with Gasteiger partial charge in [0.15, 0.2) is 0 Å². The molecule has 1 saturated carbocycles. The Labute approximate surface area is 112 Å². The standard InChI is InChI=1S/C13H20N4O2/c1-17(2)12-14-7-4-10(16-12)15-9-13(5-3-6-13)8-11(18)19/h4,7H,3,5-6,8-9H2,1-2H3,(H,18,19)(H,14,15,16). The van der Waals surface area contributed by atoms with Crippen LogP contribution in [-0.4, -0.2) is 41.7 Å². The van der Waals surface area contributed by atoms with E-state index in [-0.39, 0.29) is 11.8 Å². The third-order valence-electron chi connectivity index (χ3n) is 3.63. The van der Waals surface area contributed by atoms with Crippen LogP contribution in [0.5, 0.6) is 0 Å². The van der Waals surface area contributed by atoms with Crippen molar-refractivity contribution < 1.29 is 9.90 Å². The Morgan fingerprint density at radius 2 is 2.26 bits per heavy atom. The zero-order chi connectivity index (χ0) is 13.9. The molecule has 1 aromatic rings. The first-order chi connectivity index (χ1) is 9.01. The Morgan fingerprint density at radius 3 is 2.79 bits per heavy atom. The maximum atomic E-state index is 10.9. The summed E-state index contributed by atoms with van der Waals surface area (Å²) >= 11 is 0. The van der Waals surface area contributed by atoms with Crippen LogP contribution in [-0.2, 0) is 4.79 Å². The second-order valence-corrected chi connectivity index (χ2v) is 5.41. The first kappa shape index (κ1) is 13.6. The molecule has 104 valence electrons. The SMILES string of the molecule is CN(C)c1nccc(NCC2(CC(=O)O)CCC2)n1. The number of rotatable bonds is 6. The van der Waals surface area contributed by atoms with Gasteiger partial charge < -0.3 is 15.3 Å². The number of carboxylic acid groups (broad SMARTS) is 1. The second-order valence-electron chi connectivity index (χ2n) is 5.41. The van der Waals surface area contributed by atoms with Crippen molar-refractivity contribution in [3.63, 3.8) is 0 Å². The van der Waals surface area contributed by atoms with E-state index < -0.39 is 5.97 Å². The highest BCUT2D eigenvalue weighted by atomic mass is 16.4. The molecule has 0 unspecified atom stereocenters. The van der Waals surface area contributed by atoms with E-state index in [0.29, 0.717) is 12.5 Å². The smallest absolute Gasteiger partial charge is 0.303 e. The van der Waals surface area contributed by atoms with Gasteiger partial charge in [-0.15, -0.1) is 0 Å². The van der Waals surface area contributed by atoms with Crippen LogP contribution in [0, 0.1) is 5.41 Å². The molecule has 0 saturated heterocycles. The van der Waals surface area contributed by atoms with Crippen molar-refractivity contribution in [2.45, 2.75) is 25.7 Å². The Bertz CT molecular complexity index is 458. The van der Waals surface area contributed by atoms with Gasteiger partial charge in [0.05, 0.1) is 6.42 Å². The van der Waals surface area contributed by atoms with Crippen molar-refractivity contribution in [3.8, 4) is 0 Å². The molecule has 6 heteroatoms. The molecule has 6 nitrogen and oxygen atoms in total. The maximum absolute atomic E-state index is 10.9. The van der Waals surface area contributed by atoms with E-state index in [1.165, 1.54) is 0 Å². The monoisotopic (exact) mass is 264 g/mol. The summed E-state index contributed by atoms with van der Waals surface area (Å²) in [5, 5.41) is 12.2. The average Bonchev–Trinajstić information content (AvgIpc) is 2.32. The Balaban J connectivity index is 1.97. The van der Waals surface area contributed by atoms with E-state index in [4.69, 9.17) is 5.11 Å². The second kappa shape index (κ2) is 5.42. The number of aromatic nitrogens is 2. The van der Waals surface area contributed by atoms with E-state index in [1.807, 2.05) is 19.0 Å². The molecule has 0 spiro atoms. The van der Waals surface area contributed by atoms with E-state index in [9.17, 15) is 4.79 Å². The molecule has 1 aliphatic rings. The quantitative estimate of drug-likeness (QED) is 0.812. The van der Waals surface area contributed by atoms with E-state index >= 15 is 0 Å². The molecule has 19 heavy (non-hydrogen) atoms. The third-order valence-corrected chi connectivity index (χ3v) is 3.63. The zero-order valence-corrected chi connectivity index (χ0v) is 11.4. The Morgan fingerprint density at radius 1 is 1.53 bits per heavy atom. The molecule has 0 aliphatic heterocycles. The van der Waals surface area contributed by atoms with Gasteiger partial charge in [0.25, 0.3) is 0 Å². The molecular weight excluding hydrogens is 244 g/mol. The van der Waals surface area contributed by atoms with Gasteiger partial charge in [-0.1, -0.05) is 6.42 Å². The molecule has 0 amide bonds. The van der Waals surface area contributed by atoms with Gasteiger partial charge in [-0.25, -0.2) is 4.98 Å². The van der Waals surface area contributed by atoms with Crippen LogP contribution in [0.1, 0.15) is 25.7 Å². The van der Waals surface area contributed by atoms with Crippen LogP contribution in [0.3, 0.4) is 0 Å². The zero-order valence-electron chi connectivity index (χ0n) is 11.4. The lowest BCUT2D eigenvalue weighted by molar-refractivity contribution is -0.141. The van der Waals surface area contributed by atoms with Gasteiger partial charge in [0, 0.05) is 26.8 Å². The van der Waals surface area contributed by atoms with Crippen molar-refractivity contribution in [1.29, 1.82) is 0 Å². The minimum Gasteiger partial charge on any atom is -0.481 e. The van der Waals surface area contributed by atoms with Crippen molar-refractivity contribution in [3.05, 3.63) is 12.3 Å². The van der Waals surface area contributed by atoms with Gasteiger partial charge in [-0.3, -0.25) is 4.79 Å². The van der Waals surface area contributed by atoms with Crippen LogP contribution in [0.4, 0.5) is 11.8 Å². The number of hydrogen-bond acceptors (Lipinski definition) is 5. The number of carboxylic acids is 1. The first-order valence-corrected chi connectivity index (χ1v) is 6.47. The van der Waals surface area contributed by atoms with E-state index in [1.54, 1.807) is 12.3 Å². The fourth-order valence-electron chi connectivity index (χ4n) is 2.35. The summed E-state index contributed by atoms with van der Waals surface area (Å²) in [5.74, 6) is 0.666. The summed E-state index contributed by atoms with van der Waals surface area (Å²) in [6.45, 7) is 0.656. The van der Waals surface area contributed by atoms with Crippen LogP contribution in [0.15, 0.2) is 12.3 Å². The molecular formula is C13H20N4O2. The average molecular weight is 264 g/mol. The van der Waals surface area contributed by atoms with Gasteiger partial charge in [-0.05, 0) is 24.3 Å². The lowest BCUT2D eigenvalue weighted by Gasteiger charge is -2.41. The summed E-state index contributed by atoms with van der Waals surface area (Å²) in [4.78, 5) is 21.3. The number of nitrogens with zero attached hydrogens (tertiary/aromatic N) is 3. The molecule has 0 aromatic carbocycles. The number of anilines is 2. The van der Waals surface area contributed by atoms with Crippen molar-refractivity contribution in [1.82, 2.24) is 9.97 Å². The highest BCUT2D eigenvalue weighted by Crippen LogP contribution is 2.43. The minimum absolute atomic E-state index is 0.102. The minimum atomic E-state index is -0.724. The summed E-state index contributed by atoms with van der Waals surface area (Å²) in [6.07, 6.45) is 4.98. The Kier molecular flexibility index (Phi) is 3.87. The molecule has 0 bridgehead atoms. The third kappa shape index (κ3) is 3.33. The van der Waals surface area contributed by atoms with Crippen molar-refractivity contribution in [2.75, 3.05) is 30.9 Å². The molecule has 2 rings (SSSR count). The highest BCUT2D eigenvalue weighted by molar-refractivity contribution is 5.68. The lowest BCUT2D eigenvalue weighted by Crippen LogP contribution is -2.38. The summed E-state index contributed by atoms with van der Waals surface area (Å²) in [7, 11) is 3.77. The fraction of sp³-hybridized carbons (Fsp3) is 0.615. The molecule has 1 aromatic heterocycles. The predicted molar refractivity (Wildman–Crippen MR) is 73.4 cm³/mol. The highest BCUT2D eigenvalue weighted by Gasteiger charge is 2.38. The fourth-order valence-corrected chi connectivity index (χ4v) is 2.35. The molecule has 1 heterocycles. The van der Waals surface area contributed by atoms with Gasteiger partial charge in [-0.2, -0.15) is 4.98 Å².